The fourth-order valence-electron chi connectivity index (χ4n) is 0. The van der Waals surface area contributed by atoms with Gasteiger partial charge in [0.15, 0.2) is 0 Å². The monoisotopic (exact) mass is 64.0 g/mol. The van der Waals surface area contributed by atoms with E-state index < -0.39 is 0 Å². The number of allylic oxidation sites excluding steroid dienone is 1. The van der Waals surface area contributed by atoms with Crippen molar-refractivity contribution >= 4 is 27.9 Å². The van der Waals surface area contributed by atoms with E-state index in [0.29, 0.717) is 0 Å². The van der Waals surface area contributed by atoms with Gasteiger partial charge in [-0.25, -0.2) is 0 Å². The predicted octanol–water partition coefficient (Wildman–Crippen LogP) is 0.759. The van der Waals surface area contributed by atoms with Crippen LogP contribution in [0.4, 0.5) is 0 Å². The molecule has 1 heteroatoms. The van der Waals surface area contributed by atoms with Crippen molar-refractivity contribution in [2.24, 2.45) is 0 Å². The van der Waals surface area contributed by atoms with Crippen LogP contribution in [0.25, 0.3) is 0 Å². The molecule has 0 aliphatic carbocycles. The molecular formula is C3H5Na. The molecule has 0 N–H and O–H groups in total. The second kappa shape index (κ2) is 3.74. The average molecular weight is 64.1 g/mol. The molecule has 0 bridgehead atoms. The molecule has 0 saturated carbocycles. The Balaban J connectivity index is 2.30. The molecule has 0 aliphatic heterocycles. The maximum atomic E-state index is 3.51. The molecular weight excluding hydrogens is 59.0 g/mol. The average Bonchev–Trinajstić information content (AvgIpc) is 1.37. The summed E-state index contributed by atoms with van der Waals surface area (Å²) in [4.78, 5) is 0. The predicted molar refractivity (Wildman–Crippen MR) is 20.8 cm³/mol. The molecule has 0 rings (SSSR count). The van der Waals surface area contributed by atoms with Gasteiger partial charge in [0, 0.05) is 0 Å². The normalized spacial score (nSPS) is 6.50. The molecule has 0 atom stereocenters. The number of hydrogen-bond acceptors (Lipinski definition) is 0. The van der Waals surface area contributed by atoms with E-state index in [-0.39, 0.29) is 0 Å². The molecule has 0 unspecified atom stereocenters. The van der Waals surface area contributed by atoms with Crippen LogP contribution in [0.3, 0.4) is 0 Å². The van der Waals surface area contributed by atoms with Crippen molar-refractivity contribution in [3.8, 4) is 0 Å². The zero-order valence-electron chi connectivity index (χ0n) is 2.99. The second-order valence-electron chi connectivity index (χ2n) is 0.697. The van der Waals surface area contributed by atoms with E-state index in [2.05, 4.69) is 6.58 Å². The van der Waals surface area contributed by atoms with E-state index >= 15 is 0 Å². The Morgan fingerprint density at radius 2 is 2.25 bits per heavy atom. The van der Waals surface area contributed by atoms with Crippen molar-refractivity contribution in [1.29, 1.82) is 0 Å². The molecule has 0 amide bonds. The quantitative estimate of drug-likeness (QED) is 0.312. The second-order valence-corrected chi connectivity index (χ2v) is 1.51. The van der Waals surface area contributed by atoms with Crippen LogP contribution < -0.4 is 0 Å². The first-order valence-corrected chi connectivity index (χ1v) is 2.94. The molecule has 0 aromatic rings. The molecule has 18 valence electrons. The van der Waals surface area contributed by atoms with Crippen LogP contribution in [0.1, 0.15) is 0 Å². The van der Waals surface area contributed by atoms with Gasteiger partial charge >= 0.3 is 44.3 Å². The summed E-state index contributed by atoms with van der Waals surface area (Å²) in [6, 6.07) is 0. The fraction of sp³-hybridized carbons (Fsp3) is 0.333. The first-order valence-electron chi connectivity index (χ1n) is 1.52. The first kappa shape index (κ1) is 4.74. The Kier molecular flexibility index (Phi) is 4.43. The molecule has 0 radical (unpaired) electrons. The van der Waals surface area contributed by atoms with Crippen LogP contribution in [-0.4, -0.2) is 27.9 Å². The van der Waals surface area contributed by atoms with E-state index in [1.54, 1.807) is 0 Å². The van der Waals surface area contributed by atoms with Gasteiger partial charge in [-0.05, 0) is 0 Å². The van der Waals surface area contributed by atoms with Crippen LogP contribution in [0.15, 0.2) is 12.7 Å². The van der Waals surface area contributed by atoms with Gasteiger partial charge in [-0.3, -0.25) is 0 Å². The van der Waals surface area contributed by atoms with Gasteiger partial charge in [0.2, 0.25) is 0 Å². The minimum atomic E-state index is 1.22. The summed E-state index contributed by atoms with van der Waals surface area (Å²) in [5.74, 6) is 0. The van der Waals surface area contributed by atoms with Crippen LogP contribution in [0, 0.1) is 0 Å². The molecule has 0 nitrogen and oxygen atoms in total. The first-order chi connectivity index (χ1) is 1.91. The van der Waals surface area contributed by atoms with Gasteiger partial charge in [0.1, 0.15) is 0 Å². The summed E-state index contributed by atoms with van der Waals surface area (Å²) < 4.78 is 1.22. The molecule has 0 saturated heterocycles. The topological polar surface area (TPSA) is 0 Å². The number of hydrogen-bond donors (Lipinski definition) is 0. The van der Waals surface area contributed by atoms with E-state index in [0.717, 1.165) is 0 Å². The van der Waals surface area contributed by atoms with E-state index in [9.17, 15) is 0 Å². The summed E-state index contributed by atoms with van der Waals surface area (Å²) in [6.07, 6.45) is 1.94. The molecule has 0 spiro atoms. The third kappa shape index (κ3) is 2.74. The van der Waals surface area contributed by atoms with Crippen molar-refractivity contribution in [3.63, 3.8) is 0 Å². The van der Waals surface area contributed by atoms with Crippen LogP contribution >= 0.6 is 0 Å². The Morgan fingerprint density at radius 3 is 2.25 bits per heavy atom. The molecule has 0 heterocycles. The van der Waals surface area contributed by atoms with Crippen molar-refractivity contribution in [1.82, 2.24) is 0 Å². The summed E-state index contributed by atoms with van der Waals surface area (Å²) in [7, 11) is 0. The van der Waals surface area contributed by atoms with Gasteiger partial charge in [0.25, 0.3) is 0 Å². The zero-order valence-corrected chi connectivity index (χ0v) is 4.99. The third-order valence-corrected chi connectivity index (χ3v) is 0.866. The Morgan fingerprint density at radius 1 is 2.00 bits per heavy atom. The maximum absolute atomic E-state index is 3.51. The van der Waals surface area contributed by atoms with E-state index in [1.807, 2.05) is 6.08 Å². The van der Waals surface area contributed by atoms with Crippen molar-refractivity contribution in [2.75, 3.05) is 0 Å². The SMILES string of the molecule is C=C[CH2][Na]. The fourth-order valence-corrected chi connectivity index (χ4v) is 0. The molecule has 4 heavy (non-hydrogen) atoms. The molecule has 0 aliphatic rings. The van der Waals surface area contributed by atoms with Crippen molar-refractivity contribution in [3.05, 3.63) is 12.7 Å². The van der Waals surface area contributed by atoms with Gasteiger partial charge in [0.05, 0.1) is 0 Å². The van der Waals surface area contributed by atoms with Crippen LogP contribution in [0.5, 0.6) is 0 Å². The van der Waals surface area contributed by atoms with Crippen molar-refractivity contribution < 1.29 is 0 Å². The van der Waals surface area contributed by atoms with Gasteiger partial charge in [-0.2, -0.15) is 0 Å². The Bertz CT molecular complexity index is 17.2. The summed E-state index contributed by atoms with van der Waals surface area (Å²) >= 11 is 1.27. The van der Waals surface area contributed by atoms with Crippen LogP contribution in [0.2, 0.25) is 3.67 Å². The summed E-state index contributed by atoms with van der Waals surface area (Å²) in [6.45, 7) is 3.51. The van der Waals surface area contributed by atoms with Crippen molar-refractivity contribution in [2.45, 2.75) is 3.67 Å². The van der Waals surface area contributed by atoms with Gasteiger partial charge < -0.3 is 0 Å². The van der Waals surface area contributed by atoms with E-state index in [4.69, 9.17) is 0 Å². The number of rotatable bonds is 1. The summed E-state index contributed by atoms with van der Waals surface area (Å²) in [5.41, 5.74) is 0. The zero-order chi connectivity index (χ0) is 3.41. The molecule has 0 aromatic heterocycles. The molecule has 0 aromatic carbocycles. The summed E-state index contributed by atoms with van der Waals surface area (Å²) in [5, 5.41) is 0. The van der Waals surface area contributed by atoms with Gasteiger partial charge in [-0.15, -0.1) is 0 Å². The van der Waals surface area contributed by atoms with E-state index in [1.165, 1.54) is 31.6 Å². The third-order valence-electron chi connectivity index (χ3n) is 0.289. The standard InChI is InChI=1S/C3H5.Na/c1-3-2;/h3H,1-2H2;. The van der Waals surface area contributed by atoms with Crippen LogP contribution in [-0.2, 0) is 0 Å². The minimum absolute atomic E-state index is 1.22. The Labute approximate surface area is 44.3 Å². The Hall–Kier alpha value is 0.740. The molecule has 0 fully saturated rings. The van der Waals surface area contributed by atoms with Gasteiger partial charge in [-0.1, -0.05) is 0 Å².